The molecule has 0 saturated heterocycles. The molecule has 0 bridgehead atoms. The minimum atomic E-state index is -3.90. The SMILES string of the molecule is CC(C)[C@H](NS(=O)(=O)c1ccc(CCCCN=C(NCl)NC(=O)c2nc(Cl)c(N)nc2N)cc1)C(N)=O. The zero-order valence-electron chi connectivity index (χ0n) is 20.2. The van der Waals surface area contributed by atoms with Gasteiger partial charge in [0.2, 0.25) is 21.9 Å². The number of guanidine groups is 1. The first-order chi connectivity index (χ1) is 17.4. The number of aliphatic imine (C=N–C) groups is 1. The van der Waals surface area contributed by atoms with Crippen LogP contribution in [0.5, 0.6) is 0 Å². The van der Waals surface area contributed by atoms with Crippen molar-refractivity contribution >= 4 is 62.8 Å². The Hall–Kier alpha value is -3.20. The van der Waals surface area contributed by atoms with E-state index >= 15 is 0 Å². The number of benzene rings is 1. The van der Waals surface area contributed by atoms with Gasteiger partial charge in [-0.05, 0) is 42.9 Å². The molecule has 1 aromatic heterocycles. The fourth-order valence-electron chi connectivity index (χ4n) is 3.09. The molecule has 16 heteroatoms. The molecule has 0 radical (unpaired) electrons. The second-order valence-electron chi connectivity index (χ2n) is 8.26. The highest BCUT2D eigenvalue weighted by Gasteiger charge is 2.26. The Bertz CT molecular complexity index is 1260. The van der Waals surface area contributed by atoms with Gasteiger partial charge in [-0.3, -0.25) is 24.7 Å². The van der Waals surface area contributed by atoms with Crippen LogP contribution in [0.1, 0.15) is 42.7 Å². The minimum absolute atomic E-state index is 0.0152. The number of hydrogen-bond donors (Lipinski definition) is 6. The lowest BCUT2D eigenvalue weighted by Crippen LogP contribution is -2.47. The van der Waals surface area contributed by atoms with Crippen LogP contribution in [0.3, 0.4) is 0 Å². The van der Waals surface area contributed by atoms with Crippen LogP contribution in [0.2, 0.25) is 5.15 Å². The van der Waals surface area contributed by atoms with Crippen LogP contribution >= 0.6 is 23.4 Å². The highest BCUT2D eigenvalue weighted by molar-refractivity contribution is 7.89. The number of anilines is 2. The summed E-state index contributed by atoms with van der Waals surface area (Å²) in [5.41, 5.74) is 17.1. The Labute approximate surface area is 224 Å². The topological polar surface area (TPSA) is 221 Å². The van der Waals surface area contributed by atoms with E-state index in [0.717, 1.165) is 12.0 Å². The van der Waals surface area contributed by atoms with Gasteiger partial charge in [0.15, 0.2) is 22.5 Å². The van der Waals surface area contributed by atoms with Crippen LogP contribution in [0.4, 0.5) is 11.6 Å². The van der Waals surface area contributed by atoms with Crippen molar-refractivity contribution in [1.29, 1.82) is 0 Å². The molecule has 2 aromatic rings. The Morgan fingerprint density at radius 1 is 1.08 bits per heavy atom. The van der Waals surface area contributed by atoms with Crippen LogP contribution in [0.15, 0.2) is 34.2 Å². The molecule has 1 atom stereocenters. The number of halogens is 2. The molecule has 1 heterocycles. The molecule has 0 spiro atoms. The molecule has 0 unspecified atom stereocenters. The number of nitrogens with two attached hydrogens (primary N) is 3. The average molecular weight is 574 g/mol. The maximum atomic E-state index is 12.6. The van der Waals surface area contributed by atoms with Crippen molar-refractivity contribution in [3.8, 4) is 0 Å². The van der Waals surface area contributed by atoms with Gasteiger partial charge in [-0.25, -0.2) is 18.4 Å². The van der Waals surface area contributed by atoms with E-state index in [-0.39, 0.29) is 39.3 Å². The number of carbonyl (C=O) groups excluding carboxylic acids is 2. The van der Waals surface area contributed by atoms with Gasteiger partial charge >= 0.3 is 0 Å². The van der Waals surface area contributed by atoms with Gasteiger partial charge in [0.25, 0.3) is 5.91 Å². The zero-order chi connectivity index (χ0) is 27.8. The number of aryl methyl sites for hydroxylation is 1. The number of rotatable bonds is 11. The number of carbonyl (C=O) groups is 2. The van der Waals surface area contributed by atoms with Gasteiger partial charge < -0.3 is 17.2 Å². The minimum Gasteiger partial charge on any atom is -0.382 e. The monoisotopic (exact) mass is 573 g/mol. The van der Waals surface area contributed by atoms with E-state index in [4.69, 9.17) is 40.6 Å². The molecule has 0 saturated carbocycles. The summed E-state index contributed by atoms with van der Waals surface area (Å²) in [6.45, 7) is 3.73. The van der Waals surface area contributed by atoms with Crippen molar-refractivity contribution < 1.29 is 18.0 Å². The molecule has 0 fully saturated rings. The third-order valence-corrected chi connectivity index (χ3v) is 6.99. The van der Waals surface area contributed by atoms with E-state index < -0.39 is 27.9 Å². The average Bonchev–Trinajstić information content (AvgIpc) is 2.83. The zero-order valence-corrected chi connectivity index (χ0v) is 22.5. The van der Waals surface area contributed by atoms with Crippen molar-refractivity contribution in [3.63, 3.8) is 0 Å². The van der Waals surface area contributed by atoms with Gasteiger partial charge in [0.1, 0.15) is 6.04 Å². The lowest BCUT2D eigenvalue weighted by Gasteiger charge is -2.19. The maximum Gasteiger partial charge on any atom is 0.280 e. The molecule has 2 rings (SSSR count). The quantitative estimate of drug-likeness (QED) is 0.0971. The van der Waals surface area contributed by atoms with Gasteiger partial charge in [-0.2, -0.15) is 4.72 Å². The molecule has 0 aliphatic heterocycles. The summed E-state index contributed by atoms with van der Waals surface area (Å²) in [6, 6.07) is 5.33. The van der Waals surface area contributed by atoms with Crippen molar-refractivity contribution in [1.82, 2.24) is 24.8 Å². The summed E-state index contributed by atoms with van der Waals surface area (Å²) in [5, 5.41) is 2.26. The predicted molar refractivity (Wildman–Crippen MR) is 142 cm³/mol. The second kappa shape index (κ2) is 13.4. The van der Waals surface area contributed by atoms with E-state index in [1.165, 1.54) is 12.1 Å². The first-order valence-electron chi connectivity index (χ1n) is 11.1. The molecular formula is C21H29Cl2N9O4S. The second-order valence-corrected chi connectivity index (χ2v) is 10.5. The lowest BCUT2D eigenvalue weighted by atomic mass is 10.1. The van der Waals surface area contributed by atoms with Crippen molar-refractivity contribution in [2.45, 2.75) is 44.0 Å². The Morgan fingerprint density at radius 2 is 1.73 bits per heavy atom. The number of nitrogens with one attached hydrogen (secondary N) is 3. The number of hydrogen-bond acceptors (Lipinski definition) is 9. The summed E-state index contributed by atoms with van der Waals surface area (Å²) in [4.78, 5) is 37.9. The van der Waals surface area contributed by atoms with E-state index in [9.17, 15) is 18.0 Å². The summed E-state index contributed by atoms with van der Waals surface area (Å²) in [5.74, 6) is -2.07. The summed E-state index contributed by atoms with van der Waals surface area (Å²) in [7, 11) is -3.90. The molecule has 9 N–H and O–H groups in total. The molecule has 0 aliphatic rings. The molecule has 37 heavy (non-hydrogen) atoms. The Kier molecular flexibility index (Phi) is 10.9. The number of sulfonamides is 1. The van der Waals surface area contributed by atoms with Crippen LogP contribution in [-0.2, 0) is 21.2 Å². The van der Waals surface area contributed by atoms with Gasteiger partial charge in [0, 0.05) is 18.3 Å². The van der Waals surface area contributed by atoms with Crippen molar-refractivity contribution in [2.24, 2.45) is 16.6 Å². The third kappa shape index (κ3) is 8.70. The molecule has 2 amide bonds. The first kappa shape index (κ1) is 30.0. The largest absolute Gasteiger partial charge is 0.382 e. The lowest BCUT2D eigenvalue weighted by molar-refractivity contribution is -0.120. The fourth-order valence-corrected chi connectivity index (χ4v) is 4.68. The van der Waals surface area contributed by atoms with Crippen molar-refractivity contribution in [3.05, 3.63) is 40.7 Å². The number of primary amides is 1. The molecular weight excluding hydrogens is 545 g/mol. The first-order valence-corrected chi connectivity index (χ1v) is 13.3. The highest BCUT2D eigenvalue weighted by Crippen LogP contribution is 2.17. The maximum absolute atomic E-state index is 12.6. The normalized spacial score (nSPS) is 12.8. The van der Waals surface area contributed by atoms with Gasteiger partial charge in [0.05, 0.1) is 4.90 Å². The fraction of sp³-hybridized carbons (Fsp3) is 0.381. The molecule has 202 valence electrons. The van der Waals surface area contributed by atoms with Gasteiger partial charge in [-0.15, -0.1) is 0 Å². The number of aromatic nitrogens is 2. The standard InChI is InChI=1S/C21H29Cl2N9O4S/c1-11(2)14(19(26)33)32-37(35,36)13-8-6-12(7-9-13)5-3-4-10-27-21(31-23)30-20(34)15-17(24)29-18(25)16(22)28-15/h6-9,11,14,32H,3-5,10H2,1-2H3,(H2,26,33)(H4,24,25,29)(H2,27,30,31,34)/t14-/m0/s1. The van der Waals surface area contributed by atoms with Crippen LogP contribution in [-0.4, -0.2) is 48.7 Å². The number of unbranched alkanes of at least 4 members (excludes halogenated alkanes) is 1. The van der Waals surface area contributed by atoms with Crippen molar-refractivity contribution in [2.75, 3.05) is 18.0 Å². The summed E-state index contributed by atoms with van der Waals surface area (Å²) in [6.07, 6.45) is 2.02. The van der Waals surface area contributed by atoms with Crippen LogP contribution in [0.25, 0.3) is 0 Å². The Morgan fingerprint density at radius 3 is 2.30 bits per heavy atom. The summed E-state index contributed by atoms with van der Waals surface area (Å²) >= 11 is 11.4. The summed E-state index contributed by atoms with van der Waals surface area (Å²) < 4.78 is 27.5. The van der Waals surface area contributed by atoms with E-state index in [0.29, 0.717) is 19.4 Å². The predicted octanol–water partition coefficient (Wildman–Crippen LogP) is 0.935. The van der Waals surface area contributed by atoms with Gasteiger partial charge in [-0.1, -0.05) is 37.6 Å². The highest BCUT2D eigenvalue weighted by atomic mass is 35.5. The van der Waals surface area contributed by atoms with E-state index in [2.05, 4.69) is 29.8 Å². The number of amides is 2. The molecule has 1 aromatic carbocycles. The van der Waals surface area contributed by atoms with Crippen LogP contribution < -0.4 is 32.1 Å². The number of nitrogens with zero attached hydrogens (tertiary/aromatic N) is 3. The Balaban J connectivity index is 1.88. The number of nitrogen functional groups attached to an aromatic ring is 2. The molecule has 13 nitrogen and oxygen atoms in total. The third-order valence-electron chi connectivity index (χ3n) is 5.07. The van der Waals surface area contributed by atoms with Crippen LogP contribution in [0, 0.1) is 5.92 Å². The van der Waals surface area contributed by atoms with E-state index in [1.54, 1.807) is 26.0 Å². The smallest absolute Gasteiger partial charge is 0.280 e. The van der Waals surface area contributed by atoms with E-state index in [1.807, 2.05) is 0 Å². The molecule has 0 aliphatic carbocycles.